The van der Waals surface area contributed by atoms with Crippen molar-refractivity contribution in [2.45, 2.75) is 18.4 Å². The summed E-state index contributed by atoms with van der Waals surface area (Å²) in [5.41, 5.74) is 3.34. The SMILES string of the molecule is Cc1ccc(S(=O)(=O)Nc2ccccc2/C=N/Cc2ccccc2)cc1. The molecule has 0 aliphatic carbocycles. The van der Waals surface area contributed by atoms with Gasteiger partial charge in [0.2, 0.25) is 0 Å². The highest BCUT2D eigenvalue weighted by molar-refractivity contribution is 7.92. The lowest BCUT2D eigenvalue weighted by atomic mass is 10.2. The number of nitrogens with zero attached hydrogens (tertiary/aromatic N) is 1. The quantitative estimate of drug-likeness (QED) is 0.659. The van der Waals surface area contributed by atoms with Crippen molar-refractivity contribution in [1.29, 1.82) is 0 Å². The molecule has 3 aromatic carbocycles. The molecule has 1 N–H and O–H groups in total. The Bertz CT molecular complexity index is 996. The van der Waals surface area contributed by atoms with Crippen LogP contribution in [0.5, 0.6) is 0 Å². The first kappa shape index (κ1) is 17.9. The second-order valence-electron chi connectivity index (χ2n) is 5.96. The molecule has 0 saturated heterocycles. The summed E-state index contributed by atoms with van der Waals surface area (Å²) in [6.07, 6.45) is 1.69. The maximum atomic E-state index is 12.6. The summed E-state index contributed by atoms with van der Waals surface area (Å²) in [5, 5.41) is 0. The van der Waals surface area contributed by atoms with E-state index in [2.05, 4.69) is 9.71 Å². The van der Waals surface area contributed by atoms with Gasteiger partial charge in [0.1, 0.15) is 0 Å². The Balaban J connectivity index is 1.79. The lowest BCUT2D eigenvalue weighted by Gasteiger charge is -2.10. The Kier molecular flexibility index (Phi) is 5.49. The number of aliphatic imine (C=N–C) groups is 1. The zero-order chi connectivity index (χ0) is 18.4. The number of rotatable bonds is 6. The zero-order valence-corrected chi connectivity index (χ0v) is 15.3. The van der Waals surface area contributed by atoms with E-state index in [1.807, 2.05) is 49.4 Å². The second-order valence-corrected chi connectivity index (χ2v) is 7.64. The smallest absolute Gasteiger partial charge is 0.261 e. The lowest BCUT2D eigenvalue weighted by Crippen LogP contribution is -2.14. The molecule has 0 amide bonds. The molecule has 0 radical (unpaired) electrons. The summed E-state index contributed by atoms with van der Waals surface area (Å²) in [7, 11) is -3.64. The van der Waals surface area contributed by atoms with Gasteiger partial charge in [0, 0.05) is 11.8 Å². The van der Waals surface area contributed by atoms with Crippen molar-refractivity contribution < 1.29 is 8.42 Å². The molecule has 0 saturated carbocycles. The normalized spacial score (nSPS) is 11.6. The largest absolute Gasteiger partial charge is 0.288 e. The minimum atomic E-state index is -3.64. The molecule has 3 rings (SSSR count). The molecular weight excluding hydrogens is 344 g/mol. The van der Waals surface area contributed by atoms with Crippen LogP contribution < -0.4 is 4.72 Å². The fraction of sp³-hybridized carbons (Fsp3) is 0.0952. The molecule has 3 aromatic rings. The maximum absolute atomic E-state index is 12.6. The van der Waals surface area contributed by atoms with Crippen molar-refractivity contribution in [2.24, 2.45) is 4.99 Å². The molecule has 26 heavy (non-hydrogen) atoms. The Morgan fingerprint density at radius 2 is 1.54 bits per heavy atom. The van der Waals surface area contributed by atoms with Gasteiger partial charge in [-0.1, -0.05) is 66.2 Å². The van der Waals surface area contributed by atoms with Crippen LogP contribution in [0.3, 0.4) is 0 Å². The Labute approximate surface area is 154 Å². The molecule has 0 bridgehead atoms. The molecule has 0 fully saturated rings. The van der Waals surface area contributed by atoms with Gasteiger partial charge in [0.25, 0.3) is 10.0 Å². The Hall–Kier alpha value is -2.92. The van der Waals surface area contributed by atoms with Crippen LogP contribution >= 0.6 is 0 Å². The highest BCUT2D eigenvalue weighted by Crippen LogP contribution is 2.19. The van der Waals surface area contributed by atoms with Gasteiger partial charge < -0.3 is 0 Å². The van der Waals surface area contributed by atoms with Crippen molar-refractivity contribution in [3.63, 3.8) is 0 Å². The van der Waals surface area contributed by atoms with Crippen LogP contribution in [-0.2, 0) is 16.6 Å². The van der Waals surface area contributed by atoms with Crippen LogP contribution in [0.4, 0.5) is 5.69 Å². The van der Waals surface area contributed by atoms with Gasteiger partial charge in [-0.15, -0.1) is 0 Å². The summed E-state index contributed by atoms with van der Waals surface area (Å²) in [4.78, 5) is 4.66. The number of aryl methyl sites for hydroxylation is 1. The minimum absolute atomic E-state index is 0.235. The summed E-state index contributed by atoms with van der Waals surface area (Å²) >= 11 is 0. The first-order valence-electron chi connectivity index (χ1n) is 8.27. The van der Waals surface area contributed by atoms with Gasteiger partial charge in [-0.05, 0) is 30.7 Å². The predicted molar refractivity (Wildman–Crippen MR) is 106 cm³/mol. The molecule has 0 spiro atoms. The second kappa shape index (κ2) is 7.97. The summed E-state index contributed by atoms with van der Waals surface area (Å²) in [6.45, 7) is 2.46. The van der Waals surface area contributed by atoms with Gasteiger partial charge in [-0.25, -0.2) is 8.42 Å². The van der Waals surface area contributed by atoms with Gasteiger partial charge in [-0.2, -0.15) is 0 Å². The average Bonchev–Trinajstić information content (AvgIpc) is 2.64. The third kappa shape index (κ3) is 4.58. The van der Waals surface area contributed by atoms with Crippen LogP contribution in [0.25, 0.3) is 0 Å². The molecule has 0 aliphatic heterocycles. The number of benzene rings is 3. The third-order valence-corrected chi connectivity index (χ3v) is 5.26. The van der Waals surface area contributed by atoms with Gasteiger partial charge in [-0.3, -0.25) is 9.71 Å². The molecule has 132 valence electrons. The van der Waals surface area contributed by atoms with Gasteiger partial charge >= 0.3 is 0 Å². The van der Waals surface area contributed by atoms with Crippen LogP contribution in [-0.4, -0.2) is 14.6 Å². The minimum Gasteiger partial charge on any atom is -0.288 e. The van der Waals surface area contributed by atoms with E-state index in [-0.39, 0.29) is 4.90 Å². The maximum Gasteiger partial charge on any atom is 0.261 e. The topological polar surface area (TPSA) is 58.5 Å². The first-order chi connectivity index (χ1) is 12.5. The molecule has 0 atom stereocenters. The van der Waals surface area contributed by atoms with E-state index in [1.165, 1.54) is 0 Å². The number of hydrogen-bond donors (Lipinski definition) is 1. The van der Waals surface area contributed by atoms with Crippen molar-refractivity contribution in [1.82, 2.24) is 0 Å². The zero-order valence-electron chi connectivity index (χ0n) is 14.5. The van der Waals surface area contributed by atoms with E-state index >= 15 is 0 Å². The molecule has 0 unspecified atom stereocenters. The first-order valence-corrected chi connectivity index (χ1v) is 9.75. The van der Waals surface area contributed by atoms with Crippen molar-refractivity contribution in [3.8, 4) is 0 Å². The molecule has 0 aliphatic rings. The molecule has 4 nitrogen and oxygen atoms in total. The predicted octanol–water partition coefficient (Wildman–Crippen LogP) is 4.41. The standard InChI is InChI=1S/C21H20N2O2S/c1-17-11-13-20(14-12-17)26(24,25)23-21-10-6-5-9-19(21)16-22-15-18-7-3-2-4-8-18/h2-14,16,23H,15H2,1H3/b22-16+. The van der Waals surface area contributed by atoms with Gasteiger partial charge in [0.15, 0.2) is 0 Å². The van der Waals surface area contributed by atoms with E-state index < -0.39 is 10.0 Å². The number of hydrogen-bond acceptors (Lipinski definition) is 3. The third-order valence-electron chi connectivity index (χ3n) is 3.88. The highest BCUT2D eigenvalue weighted by Gasteiger charge is 2.15. The van der Waals surface area contributed by atoms with Crippen LogP contribution in [0.1, 0.15) is 16.7 Å². The monoisotopic (exact) mass is 364 g/mol. The highest BCUT2D eigenvalue weighted by atomic mass is 32.2. The van der Waals surface area contributed by atoms with E-state index in [0.29, 0.717) is 12.2 Å². The fourth-order valence-corrected chi connectivity index (χ4v) is 3.54. The van der Waals surface area contributed by atoms with Crippen molar-refractivity contribution in [3.05, 3.63) is 95.6 Å². The van der Waals surface area contributed by atoms with Gasteiger partial charge in [0.05, 0.1) is 17.1 Å². The summed E-state index contributed by atoms with van der Waals surface area (Å²) in [5.74, 6) is 0. The fourth-order valence-electron chi connectivity index (χ4n) is 2.46. The Morgan fingerprint density at radius 1 is 0.885 bits per heavy atom. The molecule has 5 heteroatoms. The lowest BCUT2D eigenvalue weighted by molar-refractivity contribution is 0.601. The van der Waals surface area contributed by atoms with Crippen molar-refractivity contribution in [2.75, 3.05) is 4.72 Å². The van der Waals surface area contributed by atoms with E-state index in [4.69, 9.17) is 0 Å². The van der Waals surface area contributed by atoms with E-state index in [0.717, 1.165) is 16.7 Å². The number of para-hydroxylation sites is 1. The van der Waals surface area contributed by atoms with Crippen LogP contribution in [0.15, 0.2) is 88.8 Å². The molecule has 0 heterocycles. The number of sulfonamides is 1. The Morgan fingerprint density at radius 3 is 2.27 bits per heavy atom. The number of nitrogens with one attached hydrogen (secondary N) is 1. The van der Waals surface area contributed by atoms with Crippen LogP contribution in [0.2, 0.25) is 0 Å². The van der Waals surface area contributed by atoms with E-state index in [9.17, 15) is 8.42 Å². The summed E-state index contributed by atoms with van der Waals surface area (Å²) < 4.78 is 27.9. The van der Waals surface area contributed by atoms with Crippen LogP contribution in [0, 0.1) is 6.92 Å². The van der Waals surface area contributed by atoms with Crippen molar-refractivity contribution >= 4 is 21.9 Å². The van der Waals surface area contributed by atoms with E-state index in [1.54, 1.807) is 42.6 Å². The molecular formula is C21H20N2O2S. The summed E-state index contributed by atoms with van der Waals surface area (Å²) in [6, 6.07) is 23.9. The molecule has 0 aromatic heterocycles. The average molecular weight is 364 g/mol. The number of anilines is 1.